The molecule has 0 radical (unpaired) electrons. The SMILES string of the molecule is O=C(O)C1(c2ccc(OC(F)(F)F)cc2)CCC1. The molecule has 18 heavy (non-hydrogen) atoms. The monoisotopic (exact) mass is 260 g/mol. The van der Waals surface area contributed by atoms with Gasteiger partial charge >= 0.3 is 12.3 Å². The van der Waals surface area contributed by atoms with E-state index < -0.39 is 17.7 Å². The number of rotatable bonds is 3. The highest BCUT2D eigenvalue weighted by atomic mass is 19.4. The van der Waals surface area contributed by atoms with Gasteiger partial charge in [-0.1, -0.05) is 18.6 Å². The summed E-state index contributed by atoms with van der Waals surface area (Å²) in [5, 5.41) is 9.18. The molecule has 0 heterocycles. The first-order chi connectivity index (χ1) is 8.33. The number of carbonyl (C=O) groups is 1. The number of hydrogen-bond acceptors (Lipinski definition) is 2. The van der Waals surface area contributed by atoms with Crippen molar-refractivity contribution in [2.45, 2.75) is 31.0 Å². The maximum Gasteiger partial charge on any atom is 0.573 e. The molecule has 0 aliphatic heterocycles. The molecular weight excluding hydrogens is 249 g/mol. The first kappa shape index (κ1) is 12.7. The Kier molecular flexibility index (Phi) is 2.96. The lowest BCUT2D eigenvalue weighted by atomic mass is 9.64. The van der Waals surface area contributed by atoms with Gasteiger partial charge in [0.15, 0.2) is 0 Å². The molecule has 1 aliphatic rings. The lowest BCUT2D eigenvalue weighted by Gasteiger charge is -2.38. The van der Waals surface area contributed by atoms with Gasteiger partial charge in [-0.25, -0.2) is 0 Å². The van der Waals surface area contributed by atoms with E-state index in [0.29, 0.717) is 18.4 Å². The average molecular weight is 260 g/mol. The van der Waals surface area contributed by atoms with Crippen LogP contribution in [0, 0.1) is 0 Å². The highest BCUT2D eigenvalue weighted by Gasteiger charge is 2.45. The highest BCUT2D eigenvalue weighted by molar-refractivity contribution is 5.82. The minimum atomic E-state index is -4.73. The normalized spacial score (nSPS) is 17.9. The largest absolute Gasteiger partial charge is 0.573 e. The molecule has 0 aromatic heterocycles. The molecule has 98 valence electrons. The van der Waals surface area contributed by atoms with Gasteiger partial charge in [0, 0.05) is 0 Å². The van der Waals surface area contributed by atoms with Crippen molar-refractivity contribution < 1.29 is 27.8 Å². The third kappa shape index (κ3) is 2.27. The van der Waals surface area contributed by atoms with Crippen molar-refractivity contribution in [1.82, 2.24) is 0 Å². The molecule has 0 unspecified atom stereocenters. The number of ether oxygens (including phenoxy) is 1. The molecule has 1 aromatic carbocycles. The summed E-state index contributed by atoms with van der Waals surface area (Å²) in [4.78, 5) is 11.2. The summed E-state index contributed by atoms with van der Waals surface area (Å²) in [7, 11) is 0. The van der Waals surface area contributed by atoms with E-state index in [4.69, 9.17) is 0 Å². The van der Waals surface area contributed by atoms with Gasteiger partial charge in [0.25, 0.3) is 0 Å². The van der Waals surface area contributed by atoms with Crippen LogP contribution in [0.3, 0.4) is 0 Å². The Morgan fingerprint density at radius 2 is 1.78 bits per heavy atom. The van der Waals surface area contributed by atoms with Crippen LogP contribution in [0.2, 0.25) is 0 Å². The fraction of sp³-hybridized carbons (Fsp3) is 0.417. The summed E-state index contributed by atoms with van der Waals surface area (Å²) >= 11 is 0. The van der Waals surface area contributed by atoms with Gasteiger partial charge in [-0.05, 0) is 30.5 Å². The second-order valence-corrected chi connectivity index (χ2v) is 4.31. The van der Waals surface area contributed by atoms with Gasteiger partial charge in [0.2, 0.25) is 0 Å². The Hall–Kier alpha value is -1.72. The maximum atomic E-state index is 12.0. The number of carboxylic acid groups (broad SMARTS) is 1. The lowest BCUT2D eigenvalue weighted by Crippen LogP contribution is -2.42. The van der Waals surface area contributed by atoms with Crippen molar-refractivity contribution in [2.75, 3.05) is 0 Å². The standard InChI is InChI=1S/C12H11F3O3/c13-12(14,15)18-9-4-2-8(3-5-9)11(10(16)17)6-1-7-11/h2-5H,1,6-7H2,(H,16,17). The Labute approximate surface area is 101 Å². The van der Waals surface area contributed by atoms with E-state index in [-0.39, 0.29) is 5.75 Å². The van der Waals surface area contributed by atoms with E-state index in [2.05, 4.69) is 4.74 Å². The van der Waals surface area contributed by atoms with Crippen LogP contribution in [-0.4, -0.2) is 17.4 Å². The number of benzene rings is 1. The van der Waals surface area contributed by atoms with Crippen molar-refractivity contribution in [1.29, 1.82) is 0 Å². The fourth-order valence-electron chi connectivity index (χ4n) is 2.13. The summed E-state index contributed by atoms with van der Waals surface area (Å²) in [5.74, 6) is -1.27. The second-order valence-electron chi connectivity index (χ2n) is 4.31. The highest BCUT2D eigenvalue weighted by Crippen LogP contribution is 2.44. The van der Waals surface area contributed by atoms with Crippen molar-refractivity contribution >= 4 is 5.97 Å². The Morgan fingerprint density at radius 3 is 2.11 bits per heavy atom. The van der Waals surface area contributed by atoms with Crippen molar-refractivity contribution in [3.05, 3.63) is 29.8 Å². The van der Waals surface area contributed by atoms with Crippen LogP contribution in [0.5, 0.6) is 5.75 Å². The third-order valence-electron chi connectivity index (χ3n) is 3.26. The molecule has 1 aliphatic carbocycles. The molecule has 3 nitrogen and oxygen atoms in total. The van der Waals surface area contributed by atoms with Gasteiger partial charge in [-0.3, -0.25) is 4.79 Å². The van der Waals surface area contributed by atoms with Gasteiger partial charge in [-0.15, -0.1) is 13.2 Å². The number of hydrogen-bond donors (Lipinski definition) is 1. The average Bonchev–Trinajstić information content (AvgIpc) is 2.15. The zero-order valence-corrected chi connectivity index (χ0v) is 9.33. The Balaban J connectivity index is 2.20. The molecule has 1 N–H and O–H groups in total. The maximum absolute atomic E-state index is 12.0. The first-order valence-electron chi connectivity index (χ1n) is 5.43. The van der Waals surface area contributed by atoms with Gasteiger partial charge in [-0.2, -0.15) is 0 Å². The summed E-state index contributed by atoms with van der Waals surface area (Å²) in [6, 6.07) is 5.06. The Bertz CT molecular complexity index is 447. The lowest BCUT2D eigenvalue weighted by molar-refractivity contribution is -0.274. The molecule has 0 saturated heterocycles. The predicted octanol–water partition coefficient (Wildman–Crippen LogP) is 3.09. The van der Waals surface area contributed by atoms with E-state index in [0.717, 1.165) is 18.6 Å². The molecule has 1 aromatic rings. The summed E-state index contributed by atoms with van der Waals surface area (Å²) in [6.45, 7) is 0. The minimum absolute atomic E-state index is 0.342. The molecule has 2 rings (SSSR count). The van der Waals surface area contributed by atoms with Crippen molar-refractivity contribution in [3.63, 3.8) is 0 Å². The Morgan fingerprint density at radius 1 is 1.22 bits per heavy atom. The molecule has 0 bridgehead atoms. The van der Waals surface area contributed by atoms with Gasteiger partial charge in [0.05, 0.1) is 5.41 Å². The molecule has 0 spiro atoms. The van der Waals surface area contributed by atoms with Crippen LogP contribution < -0.4 is 4.74 Å². The molecule has 1 fully saturated rings. The molecular formula is C12H11F3O3. The number of halogens is 3. The topological polar surface area (TPSA) is 46.5 Å². The zero-order chi connectivity index (χ0) is 13.4. The van der Waals surface area contributed by atoms with Crippen LogP contribution >= 0.6 is 0 Å². The number of aliphatic carboxylic acids is 1. The van der Waals surface area contributed by atoms with Crippen LogP contribution in [0.1, 0.15) is 24.8 Å². The predicted molar refractivity (Wildman–Crippen MR) is 56.3 cm³/mol. The second kappa shape index (κ2) is 4.19. The number of carboxylic acids is 1. The minimum Gasteiger partial charge on any atom is -0.481 e. The fourth-order valence-corrected chi connectivity index (χ4v) is 2.13. The van der Waals surface area contributed by atoms with Crippen LogP contribution in [-0.2, 0) is 10.2 Å². The summed E-state index contributed by atoms with van der Waals surface area (Å²) in [6.07, 6.45) is -2.89. The van der Waals surface area contributed by atoms with Crippen LogP contribution in [0.15, 0.2) is 24.3 Å². The van der Waals surface area contributed by atoms with Gasteiger partial charge < -0.3 is 9.84 Å². The molecule has 0 atom stereocenters. The van der Waals surface area contributed by atoms with Crippen molar-refractivity contribution in [2.24, 2.45) is 0 Å². The number of alkyl halides is 3. The third-order valence-corrected chi connectivity index (χ3v) is 3.26. The molecule has 6 heteroatoms. The van der Waals surface area contributed by atoms with E-state index in [1.807, 2.05) is 0 Å². The van der Waals surface area contributed by atoms with Crippen molar-refractivity contribution in [3.8, 4) is 5.75 Å². The van der Waals surface area contributed by atoms with E-state index in [1.165, 1.54) is 12.1 Å². The van der Waals surface area contributed by atoms with Crippen LogP contribution in [0.25, 0.3) is 0 Å². The van der Waals surface area contributed by atoms with E-state index in [1.54, 1.807) is 0 Å². The van der Waals surface area contributed by atoms with E-state index in [9.17, 15) is 23.1 Å². The smallest absolute Gasteiger partial charge is 0.481 e. The molecule has 0 amide bonds. The first-order valence-corrected chi connectivity index (χ1v) is 5.43. The quantitative estimate of drug-likeness (QED) is 0.908. The zero-order valence-electron chi connectivity index (χ0n) is 9.33. The van der Waals surface area contributed by atoms with Gasteiger partial charge in [0.1, 0.15) is 5.75 Å². The van der Waals surface area contributed by atoms with E-state index >= 15 is 0 Å². The van der Waals surface area contributed by atoms with Crippen LogP contribution in [0.4, 0.5) is 13.2 Å². The summed E-state index contributed by atoms with van der Waals surface area (Å²) in [5.41, 5.74) is -0.410. The molecule has 1 saturated carbocycles. The summed E-state index contributed by atoms with van der Waals surface area (Å²) < 4.78 is 39.6.